The molecule has 0 bridgehead atoms. The molecule has 0 radical (unpaired) electrons. The van der Waals surface area contributed by atoms with Gasteiger partial charge in [-0.05, 0) is 68.5 Å². The molecule has 0 unspecified atom stereocenters. The second-order valence-electron chi connectivity index (χ2n) is 7.92. The fourth-order valence-electron chi connectivity index (χ4n) is 4.00. The highest BCUT2D eigenvalue weighted by Crippen LogP contribution is 2.32. The molecule has 1 aliphatic heterocycles. The maximum absolute atomic E-state index is 13.0. The van der Waals surface area contributed by atoms with Gasteiger partial charge in [0.2, 0.25) is 5.91 Å². The van der Waals surface area contributed by atoms with Crippen molar-refractivity contribution in [2.24, 2.45) is 5.92 Å². The van der Waals surface area contributed by atoms with Crippen LogP contribution in [0.2, 0.25) is 0 Å². The average molecular weight is 401 g/mol. The van der Waals surface area contributed by atoms with Gasteiger partial charge in [0.05, 0.1) is 4.90 Å². The minimum absolute atomic E-state index is 0.0726. The first kappa shape index (κ1) is 20.4. The number of aryl methyl sites for hydroxylation is 4. The van der Waals surface area contributed by atoms with Crippen molar-refractivity contribution < 1.29 is 13.2 Å². The molecular formula is C22H28N2O3S. The van der Waals surface area contributed by atoms with Crippen LogP contribution in [0, 0.1) is 26.7 Å². The molecule has 3 rings (SSSR count). The number of rotatable bonds is 4. The van der Waals surface area contributed by atoms with Crippen molar-refractivity contribution in [3.63, 3.8) is 0 Å². The Kier molecular flexibility index (Phi) is 5.53. The fraction of sp³-hybridized carbons (Fsp3) is 0.409. The van der Waals surface area contributed by atoms with Crippen LogP contribution in [-0.4, -0.2) is 20.9 Å². The van der Waals surface area contributed by atoms with E-state index in [0.717, 1.165) is 40.8 Å². The molecule has 5 nitrogen and oxygen atoms in total. The van der Waals surface area contributed by atoms with Crippen molar-refractivity contribution in [2.75, 3.05) is 16.2 Å². The van der Waals surface area contributed by atoms with Crippen LogP contribution in [0.5, 0.6) is 0 Å². The van der Waals surface area contributed by atoms with Crippen molar-refractivity contribution in [3.05, 3.63) is 52.6 Å². The van der Waals surface area contributed by atoms with Gasteiger partial charge in [0.25, 0.3) is 10.0 Å². The quantitative estimate of drug-likeness (QED) is 0.830. The molecule has 0 atom stereocenters. The number of carbonyl (C=O) groups is 1. The third-order valence-corrected chi connectivity index (χ3v) is 6.77. The van der Waals surface area contributed by atoms with Gasteiger partial charge in [0.1, 0.15) is 0 Å². The van der Waals surface area contributed by atoms with Crippen molar-refractivity contribution in [1.29, 1.82) is 0 Å². The lowest BCUT2D eigenvalue weighted by Crippen LogP contribution is -2.38. The van der Waals surface area contributed by atoms with Crippen LogP contribution in [0.1, 0.15) is 42.5 Å². The minimum atomic E-state index is -3.69. The molecular weight excluding hydrogens is 372 g/mol. The molecule has 6 heteroatoms. The van der Waals surface area contributed by atoms with Crippen LogP contribution in [0.15, 0.2) is 35.2 Å². The molecule has 0 aliphatic carbocycles. The highest BCUT2D eigenvalue weighted by Gasteiger charge is 2.25. The summed E-state index contributed by atoms with van der Waals surface area (Å²) in [5, 5.41) is 0. The predicted molar refractivity (Wildman–Crippen MR) is 113 cm³/mol. The van der Waals surface area contributed by atoms with Crippen LogP contribution >= 0.6 is 0 Å². The summed E-state index contributed by atoms with van der Waals surface area (Å²) in [6, 6.07) is 9.20. The number of benzene rings is 2. The standard InChI is InChI=1S/C22H28N2O3S/c1-14(2)22(25)24-10-6-7-18-13-19(8-9-20(18)24)23-28(26,27)21-16(4)11-15(3)12-17(21)5/h8-9,11-14,23H,6-7,10H2,1-5H3. The number of amides is 1. The number of fused-ring (bicyclic) bond motifs is 1. The molecule has 0 aromatic heterocycles. The Bertz CT molecular complexity index is 1000. The predicted octanol–water partition coefficient (Wildman–Crippen LogP) is 4.35. The smallest absolute Gasteiger partial charge is 0.262 e. The SMILES string of the molecule is Cc1cc(C)c(S(=O)(=O)Nc2ccc3c(c2)CCCN3C(=O)C(C)C)c(C)c1. The van der Waals surface area contributed by atoms with E-state index in [1.807, 2.05) is 63.8 Å². The second kappa shape index (κ2) is 7.59. The summed E-state index contributed by atoms with van der Waals surface area (Å²) in [7, 11) is -3.69. The largest absolute Gasteiger partial charge is 0.312 e. The molecule has 0 saturated heterocycles. The first-order valence-electron chi connectivity index (χ1n) is 9.65. The Labute approximate surface area is 167 Å². The molecule has 2 aromatic rings. The van der Waals surface area contributed by atoms with Gasteiger partial charge >= 0.3 is 0 Å². The highest BCUT2D eigenvalue weighted by molar-refractivity contribution is 7.92. The van der Waals surface area contributed by atoms with E-state index in [-0.39, 0.29) is 11.8 Å². The van der Waals surface area contributed by atoms with E-state index in [4.69, 9.17) is 0 Å². The topological polar surface area (TPSA) is 66.5 Å². The second-order valence-corrected chi connectivity index (χ2v) is 9.54. The number of carbonyl (C=O) groups excluding carboxylic acids is 1. The number of anilines is 2. The molecule has 150 valence electrons. The summed E-state index contributed by atoms with van der Waals surface area (Å²) in [4.78, 5) is 14.6. The Morgan fingerprint density at radius 2 is 1.71 bits per heavy atom. The summed E-state index contributed by atoms with van der Waals surface area (Å²) < 4.78 is 28.7. The third-order valence-electron chi connectivity index (χ3n) is 5.08. The molecule has 0 spiro atoms. The third kappa shape index (κ3) is 3.92. The molecule has 2 aromatic carbocycles. The molecule has 1 amide bonds. The van der Waals surface area contributed by atoms with E-state index in [9.17, 15) is 13.2 Å². The van der Waals surface area contributed by atoms with Crippen molar-refractivity contribution >= 4 is 27.3 Å². The van der Waals surface area contributed by atoms with Gasteiger partial charge in [-0.2, -0.15) is 0 Å². The van der Waals surface area contributed by atoms with E-state index < -0.39 is 10.0 Å². The van der Waals surface area contributed by atoms with Gasteiger partial charge in [-0.1, -0.05) is 31.5 Å². The van der Waals surface area contributed by atoms with E-state index in [1.165, 1.54) is 0 Å². The van der Waals surface area contributed by atoms with Crippen LogP contribution in [0.3, 0.4) is 0 Å². The zero-order chi connectivity index (χ0) is 20.6. The Balaban J connectivity index is 1.93. The van der Waals surface area contributed by atoms with Gasteiger partial charge in [-0.3, -0.25) is 9.52 Å². The highest BCUT2D eigenvalue weighted by atomic mass is 32.2. The Morgan fingerprint density at radius 3 is 2.32 bits per heavy atom. The molecule has 1 N–H and O–H groups in total. The van der Waals surface area contributed by atoms with Crippen LogP contribution < -0.4 is 9.62 Å². The summed E-state index contributed by atoms with van der Waals surface area (Å²) in [5.41, 5.74) is 4.91. The maximum atomic E-state index is 13.0. The summed E-state index contributed by atoms with van der Waals surface area (Å²) >= 11 is 0. The average Bonchev–Trinajstić information content (AvgIpc) is 2.58. The Morgan fingerprint density at radius 1 is 1.07 bits per heavy atom. The van der Waals surface area contributed by atoms with E-state index in [2.05, 4.69) is 4.72 Å². The Hall–Kier alpha value is -2.34. The number of hydrogen-bond acceptors (Lipinski definition) is 3. The van der Waals surface area contributed by atoms with Crippen molar-refractivity contribution in [3.8, 4) is 0 Å². The molecule has 1 heterocycles. The van der Waals surface area contributed by atoms with Crippen LogP contribution in [0.25, 0.3) is 0 Å². The zero-order valence-corrected chi connectivity index (χ0v) is 18.0. The number of sulfonamides is 1. The van der Waals surface area contributed by atoms with Crippen LogP contribution in [0.4, 0.5) is 11.4 Å². The number of hydrogen-bond donors (Lipinski definition) is 1. The first-order chi connectivity index (χ1) is 13.1. The first-order valence-corrected chi connectivity index (χ1v) is 11.1. The number of nitrogens with zero attached hydrogens (tertiary/aromatic N) is 1. The molecule has 1 aliphatic rings. The van der Waals surface area contributed by atoms with Gasteiger partial charge < -0.3 is 4.90 Å². The minimum Gasteiger partial charge on any atom is -0.312 e. The lowest BCUT2D eigenvalue weighted by Gasteiger charge is -2.31. The lowest BCUT2D eigenvalue weighted by atomic mass is 9.99. The molecule has 0 saturated carbocycles. The van der Waals surface area contributed by atoms with E-state index >= 15 is 0 Å². The lowest BCUT2D eigenvalue weighted by molar-refractivity contribution is -0.121. The fourth-order valence-corrected chi connectivity index (χ4v) is 5.50. The molecule has 0 fully saturated rings. The summed E-state index contributed by atoms with van der Waals surface area (Å²) in [6.07, 6.45) is 1.70. The molecule has 28 heavy (non-hydrogen) atoms. The normalized spacial score (nSPS) is 14.1. The van der Waals surface area contributed by atoms with Gasteiger partial charge in [-0.25, -0.2) is 8.42 Å². The van der Waals surface area contributed by atoms with Gasteiger partial charge in [0.15, 0.2) is 0 Å². The van der Waals surface area contributed by atoms with Gasteiger partial charge in [-0.15, -0.1) is 0 Å². The summed E-state index contributed by atoms with van der Waals surface area (Å²) in [6.45, 7) is 10.1. The van der Waals surface area contributed by atoms with E-state index in [0.29, 0.717) is 17.1 Å². The zero-order valence-electron chi connectivity index (χ0n) is 17.2. The van der Waals surface area contributed by atoms with Crippen molar-refractivity contribution in [1.82, 2.24) is 0 Å². The summed E-state index contributed by atoms with van der Waals surface area (Å²) in [5.74, 6) is 0.0248. The van der Waals surface area contributed by atoms with Crippen molar-refractivity contribution in [2.45, 2.75) is 52.4 Å². The monoisotopic (exact) mass is 400 g/mol. The van der Waals surface area contributed by atoms with Crippen LogP contribution in [-0.2, 0) is 21.2 Å². The number of nitrogens with one attached hydrogen (secondary N) is 1. The van der Waals surface area contributed by atoms with Gasteiger partial charge in [0, 0.05) is 23.8 Å². The van der Waals surface area contributed by atoms with E-state index in [1.54, 1.807) is 6.07 Å². The maximum Gasteiger partial charge on any atom is 0.262 e.